The molecule has 0 aromatic heterocycles. The van der Waals surface area contributed by atoms with Gasteiger partial charge in [-0.1, -0.05) is 84.9 Å². The van der Waals surface area contributed by atoms with Gasteiger partial charge in [0.2, 0.25) is 0 Å². The number of benzene rings is 3. The second-order valence-electron chi connectivity index (χ2n) is 7.69. The molecule has 3 heteroatoms. The third-order valence-corrected chi connectivity index (χ3v) is 5.86. The Hall–Kier alpha value is -2.13. The molecular formula is C26H30ClNO. The lowest BCUT2D eigenvalue weighted by molar-refractivity contribution is 0.0613. The van der Waals surface area contributed by atoms with Gasteiger partial charge in [0, 0.05) is 5.41 Å². The fraction of sp³-hybridized carbons (Fsp3) is 0.308. The molecule has 2 nitrogen and oxygen atoms in total. The lowest BCUT2D eigenvalue weighted by Crippen LogP contribution is -2.38. The van der Waals surface area contributed by atoms with Crippen LogP contribution in [0, 0.1) is 0 Å². The molecule has 3 aromatic rings. The van der Waals surface area contributed by atoms with Crippen LogP contribution in [0.15, 0.2) is 84.9 Å². The van der Waals surface area contributed by atoms with Crippen molar-refractivity contribution in [1.82, 2.24) is 5.32 Å². The second kappa shape index (κ2) is 10.6. The molecule has 0 amide bonds. The van der Waals surface area contributed by atoms with Crippen LogP contribution >= 0.6 is 12.4 Å². The first kappa shape index (κ1) is 21.6. The predicted octanol–water partition coefficient (Wildman–Crippen LogP) is 5.54. The number of hydrogen-bond acceptors (Lipinski definition) is 2. The van der Waals surface area contributed by atoms with E-state index in [0.29, 0.717) is 0 Å². The van der Waals surface area contributed by atoms with Gasteiger partial charge >= 0.3 is 0 Å². The highest BCUT2D eigenvalue weighted by atomic mass is 35.5. The third-order valence-electron chi connectivity index (χ3n) is 5.86. The van der Waals surface area contributed by atoms with E-state index in [1.807, 2.05) is 0 Å². The van der Waals surface area contributed by atoms with Crippen LogP contribution in [0.1, 0.15) is 35.1 Å². The molecule has 0 aliphatic carbocycles. The topological polar surface area (TPSA) is 21.3 Å². The lowest BCUT2D eigenvalue weighted by atomic mass is 9.69. The predicted molar refractivity (Wildman–Crippen MR) is 123 cm³/mol. The van der Waals surface area contributed by atoms with Crippen molar-refractivity contribution >= 4 is 12.4 Å². The maximum absolute atomic E-state index is 6.08. The van der Waals surface area contributed by atoms with Crippen LogP contribution in [0.2, 0.25) is 0 Å². The van der Waals surface area contributed by atoms with Crippen LogP contribution in [0.5, 0.6) is 0 Å². The van der Waals surface area contributed by atoms with Crippen LogP contribution < -0.4 is 5.32 Å². The number of halogens is 1. The van der Waals surface area contributed by atoms with Crippen molar-refractivity contribution in [1.29, 1.82) is 0 Å². The third kappa shape index (κ3) is 5.08. The summed E-state index contributed by atoms with van der Waals surface area (Å²) in [6.45, 7) is 3.54. The van der Waals surface area contributed by atoms with Gasteiger partial charge in [0.15, 0.2) is 0 Å². The smallest absolute Gasteiger partial charge is 0.0720 e. The molecule has 0 saturated carbocycles. The molecule has 3 aromatic carbocycles. The molecule has 29 heavy (non-hydrogen) atoms. The van der Waals surface area contributed by atoms with E-state index in [1.54, 1.807) is 0 Å². The standard InChI is InChI=1S/C26H29NO.ClH/c1-3-10-22(11-4-1)16-19-27-18-9-17-26(24-13-5-2-6-14-24)21-28-20-23-12-7-8-15-25(23)26;/h1-8,10-15,27H,9,16-21H2;1H. The maximum Gasteiger partial charge on any atom is 0.0720 e. The van der Waals surface area contributed by atoms with Crippen LogP contribution in [0.25, 0.3) is 0 Å². The zero-order valence-corrected chi connectivity index (χ0v) is 17.7. The van der Waals surface area contributed by atoms with E-state index in [4.69, 9.17) is 4.74 Å². The first-order valence-electron chi connectivity index (χ1n) is 10.3. The average Bonchev–Trinajstić information content (AvgIpc) is 2.77. The molecule has 0 fully saturated rings. The Morgan fingerprint density at radius 3 is 2.28 bits per heavy atom. The number of ether oxygens (including phenoxy) is 1. The minimum atomic E-state index is -0.0444. The Morgan fingerprint density at radius 1 is 0.793 bits per heavy atom. The van der Waals surface area contributed by atoms with E-state index < -0.39 is 0 Å². The quantitative estimate of drug-likeness (QED) is 0.495. The van der Waals surface area contributed by atoms with E-state index in [9.17, 15) is 0 Å². The number of rotatable bonds is 8. The number of hydrogen-bond donors (Lipinski definition) is 1. The first-order chi connectivity index (χ1) is 13.9. The fourth-order valence-electron chi connectivity index (χ4n) is 4.39. The van der Waals surface area contributed by atoms with Crippen molar-refractivity contribution in [3.8, 4) is 0 Å². The van der Waals surface area contributed by atoms with Crippen molar-refractivity contribution in [2.24, 2.45) is 0 Å². The van der Waals surface area contributed by atoms with Gasteiger partial charge in [-0.15, -0.1) is 12.4 Å². The van der Waals surface area contributed by atoms with E-state index >= 15 is 0 Å². The normalized spacial score (nSPS) is 17.9. The Balaban J connectivity index is 0.00000240. The molecule has 4 rings (SSSR count). The molecule has 0 spiro atoms. The van der Waals surface area contributed by atoms with Crippen LogP contribution in [-0.4, -0.2) is 19.7 Å². The van der Waals surface area contributed by atoms with E-state index in [-0.39, 0.29) is 17.8 Å². The van der Waals surface area contributed by atoms with Crippen molar-refractivity contribution in [3.63, 3.8) is 0 Å². The summed E-state index contributed by atoms with van der Waals surface area (Å²) in [4.78, 5) is 0. The summed E-state index contributed by atoms with van der Waals surface area (Å²) in [7, 11) is 0. The minimum absolute atomic E-state index is 0. The van der Waals surface area contributed by atoms with E-state index in [2.05, 4.69) is 90.2 Å². The van der Waals surface area contributed by atoms with Crippen LogP contribution in [0.3, 0.4) is 0 Å². The van der Waals surface area contributed by atoms with Gasteiger partial charge in [-0.05, 0) is 54.6 Å². The van der Waals surface area contributed by atoms with E-state index in [0.717, 1.165) is 45.6 Å². The highest BCUT2D eigenvalue weighted by molar-refractivity contribution is 5.85. The van der Waals surface area contributed by atoms with Crippen molar-refractivity contribution in [2.45, 2.75) is 31.3 Å². The van der Waals surface area contributed by atoms with E-state index in [1.165, 1.54) is 22.3 Å². The summed E-state index contributed by atoms with van der Waals surface area (Å²) in [5, 5.41) is 3.63. The number of nitrogens with one attached hydrogen (secondary N) is 1. The Kier molecular flexibility index (Phi) is 7.88. The Labute approximate surface area is 180 Å². The van der Waals surface area contributed by atoms with Gasteiger partial charge in [0.05, 0.1) is 13.2 Å². The van der Waals surface area contributed by atoms with Crippen LogP contribution in [0.4, 0.5) is 0 Å². The molecule has 1 aliphatic heterocycles. The monoisotopic (exact) mass is 407 g/mol. The van der Waals surface area contributed by atoms with Gasteiger partial charge in [-0.25, -0.2) is 0 Å². The average molecular weight is 408 g/mol. The van der Waals surface area contributed by atoms with Crippen molar-refractivity contribution < 1.29 is 4.74 Å². The fourth-order valence-corrected chi connectivity index (χ4v) is 4.39. The largest absolute Gasteiger partial charge is 0.375 e. The van der Waals surface area contributed by atoms with Gasteiger partial charge in [0.1, 0.15) is 0 Å². The summed E-state index contributed by atoms with van der Waals surface area (Å²) >= 11 is 0. The molecule has 152 valence electrons. The van der Waals surface area contributed by atoms with Gasteiger partial charge < -0.3 is 10.1 Å². The SMILES string of the molecule is Cl.c1ccc(CCNCCCC2(c3ccccc3)COCc3ccccc32)cc1. The molecule has 1 aliphatic rings. The summed E-state index contributed by atoms with van der Waals surface area (Å²) < 4.78 is 6.08. The minimum Gasteiger partial charge on any atom is -0.375 e. The summed E-state index contributed by atoms with van der Waals surface area (Å²) in [5.74, 6) is 0. The van der Waals surface area contributed by atoms with Gasteiger partial charge in [0.25, 0.3) is 0 Å². The first-order valence-corrected chi connectivity index (χ1v) is 10.3. The second-order valence-corrected chi connectivity index (χ2v) is 7.69. The molecule has 0 radical (unpaired) electrons. The van der Waals surface area contributed by atoms with Gasteiger partial charge in [-0.2, -0.15) is 0 Å². The molecule has 0 saturated heterocycles. The molecule has 1 N–H and O–H groups in total. The highest BCUT2D eigenvalue weighted by Crippen LogP contribution is 2.41. The molecular weight excluding hydrogens is 378 g/mol. The summed E-state index contributed by atoms with van der Waals surface area (Å²) in [5.41, 5.74) is 5.49. The lowest BCUT2D eigenvalue weighted by Gasteiger charge is -2.40. The van der Waals surface area contributed by atoms with Crippen LogP contribution in [-0.2, 0) is 23.2 Å². The molecule has 1 unspecified atom stereocenters. The maximum atomic E-state index is 6.08. The van der Waals surface area contributed by atoms with Crippen molar-refractivity contribution in [3.05, 3.63) is 107 Å². The Morgan fingerprint density at radius 2 is 1.48 bits per heavy atom. The summed E-state index contributed by atoms with van der Waals surface area (Å²) in [6.07, 6.45) is 3.30. The highest BCUT2D eigenvalue weighted by Gasteiger charge is 2.38. The van der Waals surface area contributed by atoms with Gasteiger partial charge in [-0.3, -0.25) is 0 Å². The zero-order chi connectivity index (χ0) is 19.1. The summed E-state index contributed by atoms with van der Waals surface area (Å²) in [6, 6.07) is 30.4. The zero-order valence-electron chi connectivity index (χ0n) is 16.8. The molecule has 1 atom stereocenters. The number of fused-ring (bicyclic) bond motifs is 1. The van der Waals surface area contributed by atoms with Crippen molar-refractivity contribution in [2.75, 3.05) is 19.7 Å². The molecule has 1 heterocycles. The molecule has 0 bridgehead atoms. The Bertz CT molecular complexity index is 868.